The standard InChI is InChI=1S/C16H22N2O4/c1-11(2)10-17-13(9-16(19)22-3)5-4-12-8-14(18(20)21)6-7-15(12)17/h6-8,11,13H,4-5,9-10H2,1-3H3/t13-/m1/s1. The summed E-state index contributed by atoms with van der Waals surface area (Å²) in [7, 11) is 1.40. The van der Waals surface area contributed by atoms with Gasteiger partial charge < -0.3 is 9.64 Å². The van der Waals surface area contributed by atoms with Gasteiger partial charge in [-0.1, -0.05) is 13.8 Å². The predicted molar refractivity (Wildman–Crippen MR) is 84.0 cm³/mol. The van der Waals surface area contributed by atoms with Crippen molar-refractivity contribution in [3.63, 3.8) is 0 Å². The largest absolute Gasteiger partial charge is 0.469 e. The zero-order valence-corrected chi connectivity index (χ0v) is 13.2. The third kappa shape index (κ3) is 3.55. The van der Waals surface area contributed by atoms with Gasteiger partial charge in [0.05, 0.1) is 18.5 Å². The number of carbonyl (C=O) groups is 1. The van der Waals surface area contributed by atoms with E-state index in [2.05, 4.69) is 18.7 Å². The second kappa shape index (κ2) is 6.77. The van der Waals surface area contributed by atoms with Crippen LogP contribution in [0.4, 0.5) is 11.4 Å². The molecule has 1 aliphatic heterocycles. The van der Waals surface area contributed by atoms with Crippen LogP contribution in [0, 0.1) is 16.0 Å². The van der Waals surface area contributed by atoms with E-state index in [0.29, 0.717) is 12.3 Å². The van der Waals surface area contributed by atoms with Crippen molar-refractivity contribution < 1.29 is 14.5 Å². The summed E-state index contributed by atoms with van der Waals surface area (Å²) >= 11 is 0. The Bertz CT molecular complexity index is 571. The number of esters is 1. The van der Waals surface area contributed by atoms with Crippen LogP contribution in [0.25, 0.3) is 0 Å². The topological polar surface area (TPSA) is 72.7 Å². The number of carbonyl (C=O) groups excluding carboxylic acids is 1. The number of ether oxygens (including phenoxy) is 1. The summed E-state index contributed by atoms with van der Waals surface area (Å²) in [4.78, 5) is 24.4. The van der Waals surface area contributed by atoms with E-state index in [0.717, 1.165) is 30.6 Å². The summed E-state index contributed by atoms with van der Waals surface area (Å²) in [6.45, 7) is 5.05. The monoisotopic (exact) mass is 306 g/mol. The van der Waals surface area contributed by atoms with Crippen molar-refractivity contribution in [3.8, 4) is 0 Å². The second-order valence-corrected chi connectivity index (χ2v) is 6.09. The van der Waals surface area contributed by atoms with Crippen LogP contribution in [-0.4, -0.2) is 30.6 Å². The highest BCUT2D eigenvalue weighted by atomic mass is 16.6. The smallest absolute Gasteiger partial charge is 0.307 e. The lowest BCUT2D eigenvalue weighted by Crippen LogP contribution is -2.43. The fourth-order valence-electron chi connectivity index (χ4n) is 2.97. The molecule has 0 aliphatic carbocycles. The van der Waals surface area contributed by atoms with Crippen LogP contribution < -0.4 is 4.90 Å². The average Bonchev–Trinajstić information content (AvgIpc) is 2.48. The van der Waals surface area contributed by atoms with Crippen molar-refractivity contribution in [2.45, 2.75) is 39.2 Å². The third-order valence-corrected chi connectivity index (χ3v) is 3.96. The first-order chi connectivity index (χ1) is 10.4. The van der Waals surface area contributed by atoms with Gasteiger partial charge in [0.1, 0.15) is 0 Å². The van der Waals surface area contributed by atoms with Gasteiger partial charge in [-0.3, -0.25) is 14.9 Å². The summed E-state index contributed by atoms with van der Waals surface area (Å²) in [6.07, 6.45) is 1.89. The first-order valence-electron chi connectivity index (χ1n) is 7.53. The number of benzene rings is 1. The lowest BCUT2D eigenvalue weighted by atomic mass is 9.92. The van der Waals surface area contributed by atoms with Gasteiger partial charge in [-0.05, 0) is 30.4 Å². The first-order valence-corrected chi connectivity index (χ1v) is 7.53. The van der Waals surface area contributed by atoms with Crippen LogP contribution >= 0.6 is 0 Å². The van der Waals surface area contributed by atoms with E-state index in [-0.39, 0.29) is 22.6 Å². The highest BCUT2D eigenvalue weighted by Crippen LogP contribution is 2.35. The highest BCUT2D eigenvalue weighted by Gasteiger charge is 2.29. The molecule has 1 aromatic carbocycles. The van der Waals surface area contributed by atoms with E-state index in [9.17, 15) is 14.9 Å². The molecule has 0 bridgehead atoms. The minimum Gasteiger partial charge on any atom is -0.469 e. The molecule has 0 unspecified atom stereocenters. The van der Waals surface area contributed by atoms with Crippen molar-refractivity contribution in [2.75, 3.05) is 18.6 Å². The molecule has 1 atom stereocenters. The van der Waals surface area contributed by atoms with Crippen LogP contribution in [0.1, 0.15) is 32.3 Å². The number of nitro benzene ring substituents is 1. The number of aryl methyl sites for hydroxylation is 1. The van der Waals surface area contributed by atoms with E-state index in [1.165, 1.54) is 13.2 Å². The summed E-state index contributed by atoms with van der Waals surface area (Å²) < 4.78 is 4.79. The normalized spacial score (nSPS) is 17.3. The summed E-state index contributed by atoms with van der Waals surface area (Å²) in [5.41, 5.74) is 2.10. The number of methoxy groups -OCH3 is 1. The SMILES string of the molecule is COC(=O)C[C@H]1CCc2cc([N+](=O)[O-])ccc2N1CC(C)C. The first kappa shape index (κ1) is 16.3. The van der Waals surface area contributed by atoms with Gasteiger partial charge in [-0.15, -0.1) is 0 Å². The number of rotatable bonds is 5. The van der Waals surface area contributed by atoms with Crippen molar-refractivity contribution in [3.05, 3.63) is 33.9 Å². The molecule has 2 rings (SSSR count). The van der Waals surface area contributed by atoms with Crippen molar-refractivity contribution in [1.82, 2.24) is 0 Å². The molecule has 0 fully saturated rings. The maximum absolute atomic E-state index is 11.6. The van der Waals surface area contributed by atoms with Gasteiger partial charge in [0.2, 0.25) is 0 Å². The van der Waals surface area contributed by atoms with Crippen LogP contribution in [0.5, 0.6) is 0 Å². The molecule has 120 valence electrons. The zero-order chi connectivity index (χ0) is 16.3. The van der Waals surface area contributed by atoms with Crippen molar-refractivity contribution in [2.24, 2.45) is 5.92 Å². The molecule has 0 amide bonds. The number of nitrogens with zero attached hydrogens (tertiary/aromatic N) is 2. The molecule has 0 radical (unpaired) electrons. The number of hydrogen-bond acceptors (Lipinski definition) is 5. The molecule has 6 heteroatoms. The van der Waals surface area contributed by atoms with Crippen LogP contribution in [0.3, 0.4) is 0 Å². The van der Waals surface area contributed by atoms with Crippen molar-refractivity contribution >= 4 is 17.3 Å². The van der Waals surface area contributed by atoms with Crippen LogP contribution in [0.15, 0.2) is 18.2 Å². The van der Waals surface area contributed by atoms with E-state index < -0.39 is 0 Å². The fourth-order valence-corrected chi connectivity index (χ4v) is 2.97. The Hall–Kier alpha value is -2.11. The van der Waals surface area contributed by atoms with Gasteiger partial charge in [0, 0.05) is 30.4 Å². The van der Waals surface area contributed by atoms with E-state index in [4.69, 9.17) is 4.74 Å². The molecule has 0 saturated heterocycles. The lowest BCUT2D eigenvalue weighted by molar-refractivity contribution is -0.384. The van der Waals surface area contributed by atoms with Crippen LogP contribution in [-0.2, 0) is 16.0 Å². The second-order valence-electron chi connectivity index (χ2n) is 6.09. The summed E-state index contributed by atoms with van der Waals surface area (Å²) in [5, 5.41) is 10.9. The minimum absolute atomic E-state index is 0.0869. The quantitative estimate of drug-likeness (QED) is 0.475. The van der Waals surface area contributed by atoms with E-state index >= 15 is 0 Å². The maximum atomic E-state index is 11.6. The zero-order valence-electron chi connectivity index (χ0n) is 13.2. The Balaban J connectivity index is 2.32. The predicted octanol–water partition coefficient (Wildman–Crippen LogP) is 2.94. The molecule has 0 saturated carbocycles. The molecule has 1 aromatic rings. The molecule has 0 aromatic heterocycles. The fraction of sp³-hybridized carbons (Fsp3) is 0.562. The molecule has 6 nitrogen and oxygen atoms in total. The number of fused-ring (bicyclic) bond motifs is 1. The number of hydrogen-bond donors (Lipinski definition) is 0. The average molecular weight is 306 g/mol. The van der Waals surface area contributed by atoms with Crippen molar-refractivity contribution in [1.29, 1.82) is 0 Å². The van der Waals surface area contributed by atoms with E-state index in [1.54, 1.807) is 12.1 Å². The maximum Gasteiger partial charge on any atom is 0.307 e. The molecule has 22 heavy (non-hydrogen) atoms. The highest BCUT2D eigenvalue weighted by molar-refractivity contribution is 5.71. The number of nitro groups is 1. The van der Waals surface area contributed by atoms with Gasteiger partial charge in [-0.25, -0.2) is 0 Å². The van der Waals surface area contributed by atoms with E-state index in [1.807, 2.05) is 0 Å². The minimum atomic E-state index is -0.367. The Morgan fingerprint density at radius 3 is 2.82 bits per heavy atom. The molecule has 0 spiro atoms. The number of non-ortho nitro benzene ring substituents is 1. The summed E-state index contributed by atoms with van der Waals surface area (Å²) in [5.74, 6) is 0.213. The Kier molecular flexibility index (Phi) is 5.00. The molecule has 1 aliphatic rings. The van der Waals surface area contributed by atoms with Crippen LogP contribution in [0.2, 0.25) is 0 Å². The molecule has 0 N–H and O–H groups in total. The van der Waals surface area contributed by atoms with Gasteiger partial charge >= 0.3 is 5.97 Å². The van der Waals surface area contributed by atoms with Gasteiger partial charge in [-0.2, -0.15) is 0 Å². The summed E-state index contributed by atoms with van der Waals surface area (Å²) in [6, 6.07) is 5.08. The van der Waals surface area contributed by atoms with Gasteiger partial charge in [0.25, 0.3) is 5.69 Å². The molecular weight excluding hydrogens is 284 g/mol. The lowest BCUT2D eigenvalue weighted by Gasteiger charge is -2.39. The molecular formula is C16H22N2O4. The molecule has 1 heterocycles. The number of anilines is 1. The Morgan fingerprint density at radius 2 is 2.23 bits per heavy atom. The Labute approximate surface area is 130 Å². The third-order valence-electron chi connectivity index (χ3n) is 3.96. The van der Waals surface area contributed by atoms with Gasteiger partial charge in [0.15, 0.2) is 0 Å². The Morgan fingerprint density at radius 1 is 1.50 bits per heavy atom.